The van der Waals surface area contributed by atoms with E-state index >= 15 is 0 Å². The largest absolute Gasteiger partial charge is 0.382 e. The first-order chi connectivity index (χ1) is 16.6. The smallest absolute Gasteiger partial charge is 0.137 e. The molecule has 2 aromatic carbocycles. The van der Waals surface area contributed by atoms with Crippen LogP contribution in [-0.2, 0) is 12.1 Å². The van der Waals surface area contributed by atoms with Gasteiger partial charge in [0, 0.05) is 28.5 Å². The number of hydrogen-bond donors (Lipinski definition) is 1. The highest BCUT2D eigenvalue weighted by atomic mass is 32.1. The van der Waals surface area contributed by atoms with E-state index in [1.807, 2.05) is 0 Å². The Morgan fingerprint density at radius 3 is 2.74 bits per heavy atom. The van der Waals surface area contributed by atoms with Gasteiger partial charge in [0.1, 0.15) is 29.9 Å². The topological polar surface area (TPSA) is 87.6 Å². The molecule has 2 aromatic heterocycles. The van der Waals surface area contributed by atoms with Gasteiger partial charge in [-0.1, -0.05) is 25.1 Å². The molecule has 0 bridgehead atoms. The molecule has 0 saturated carbocycles. The van der Waals surface area contributed by atoms with Gasteiger partial charge < -0.3 is 5.11 Å². The first-order valence-corrected chi connectivity index (χ1v) is 9.93. The zero-order valence-electron chi connectivity index (χ0n) is 20.1. The summed E-state index contributed by atoms with van der Waals surface area (Å²) in [4.78, 5) is 8.27. The molecule has 4 rings (SSSR count). The fraction of sp³-hybridized carbons (Fsp3) is 0.182. The van der Waals surface area contributed by atoms with Crippen molar-refractivity contribution in [1.29, 1.82) is 5.26 Å². The van der Waals surface area contributed by atoms with Crippen LogP contribution >= 0.6 is 11.3 Å². The van der Waals surface area contributed by atoms with Crippen LogP contribution in [0.3, 0.4) is 0 Å². The monoisotopic (exact) mass is 441 g/mol. The van der Waals surface area contributed by atoms with E-state index < -0.39 is 47.3 Å². The van der Waals surface area contributed by atoms with E-state index in [0.717, 1.165) is 23.5 Å². The summed E-state index contributed by atoms with van der Waals surface area (Å²) in [6.07, 6.45) is 2.59. The van der Waals surface area contributed by atoms with Crippen LogP contribution in [0.2, 0.25) is 0 Å². The number of hydrogen-bond acceptors (Lipinski definition) is 6. The molecule has 4 aromatic rings. The van der Waals surface area contributed by atoms with Crippen LogP contribution in [0, 0.1) is 23.0 Å². The van der Waals surface area contributed by atoms with E-state index in [0.29, 0.717) is 11.1 Å². The van der Waals surface area contributed by atoms with Crippen molar-refractivity contribution in [2.75, 3.05) is 0 Å². The van der Waals surface area contributed by atoms with Crippen LogP contribution in [0.15, 0.2) is 60.4 Å². The van der Waals surface area contributed by atoms with E-state index in [4.69, 9.17) is 10.7 Å². The average molecular weight is 441 g/mol. The van der Waals surface area contributed by atoms with Crippen molar-refractivity contribution in [1.82, 2.24) is 19.7 Å². The van der Waals surface area contributed by atoms with Crippen molar-refractivity contribution >= 4 is 11.3 Å². The molecule has 0 saturated heterocycles. The fourth-order valence-corrected chi connectivity index (χ4v) is 4.11. The minimum atomic E-state index is -1.94. The van der Waals surface area contributed by atoms with Gasteiger partial charge in [-0.05, 0) is 18.2 Å². The molecule has 9 heteroatoms. The number of nitriles is 1. The summed E-state index contributed by atoms with van der Waals surface area (Å²) in [6, 6.07) is 2.71. The maximum atomic E-state index is 14.8. The van der Waals surface area contributed by atoms with Crippen LogP contribution in [0.4, 0.5) is 8.78 Å². The van der Waals surface area contributed by atoms with Gasteiger partial charge in [0.25, 0.3) is 0 Å². The van der Waals surface area contributed by atoms with E-state index in [9.17, 15) is 13.9 Å². The molecule has 0 fully saturated rings. The molecular weight excluding hydrogens is 420 g/mol. The number of aliphatic hydroxyl groups is 1. The Morgan fingerprint density at radius 2 is 2.10 bits per heavy atom. The summed E-state index contributed by atoms with van der Waals surface area (Å²) in [5, 5.41) is 26.7. The van der Waals surface area contributed by atoms with Gasteiger partial charge in [0.15, 0.2) is 0 Å². The van der Waals surface area contributed by atoms with Crippen molar-refractivity contribution < 1.29 is 19.4 Å². The molecule has 0 radical (unpaired) electrons. The van der Waals surface area contributed by atoms with Crippen molar-refractivity contribution in [2.24, 2.45) is 0 Å². The molecule has 31 heavy (non-hydrogen) atoms. The molecule has 0 spiro atoms. The highest BCUT2D eigenvalue weighted by molar-refractivity contribution is 7.10. The second-order valence-electron chi connectivity index (χ2n) is 6.80. The van der Waals surface area contributed by atoms with Gasteiger partial charge in [0.05, 0.1) is 34.4 Å². The Hall–Kier alpha value is -3.48. The Bertz CT molecular complexity index is 1430. The highest BCUT2D eigenvalue weighted by Gasteiger charge is 2.41. The van der Waals surface area contributed by atoms with Crippen molar-refractivity contribution in [3.8, 4) is 17.3 Å². The third-order valence-electron chi connectivity index (χ3n) is 4.87. The summed E-state index contributed by atoms with van der Waals surface area (Å²) >= 11 is 1.07. The number of halogens is 2. The molecule has 0 aliphatic carbocycles. The third-order valence-corrected chi connectivity index (χ3v) is 5.90. The van der Waals surface area contributed by atoms with E-state index in [2.05, 4.69) is 15.1 Å². The Labute approximate surface area is 186 Å². The highest BCUT2D eigenvalue weighted by Crippen LogP contribution is 2.41. The normalized spacial score (nSPS) is 15.8. The standard InChI is InChI=1S/C22H17F2N5OS/c1-14(21-28-20(10-31-21)16-4-2-15(9-25)3-5-16)22(30,11-29-13-26-12-27-29)18-7-6-17(23)8-19(18)24/h2-8,10,12-14,30H,11H2,1H3/t14-,22+/m0/s1/i2D,3D,4D,5D. The van der Waals surface area contributed by atoms with E-state index in [-0.39, 0.29) is 28.9 Å². The summed E-state index contributed by atoms with van der Waals surface area (Å²) in [7, 11) is 0. The van der Waals surface area contributed by atoms with Gasteiger partial charge in [-0.3, -0.25) is 0 Å². The number of rotatable bonds is 6. The summed E-state index contributed by atoms with van der Waals surface area (Å²) in [5.74, 6) is -2.64. The minimum absolute atomic E-state index is 0.0959. The molecule has 2 heterocycles. The molecule has 1 N–H and O–H groups in total. The zero-order chi connectivity index (χ0) is 25.5. The molecule has 0 aliphatic rings. The lowest BCUT2D eigenvalue weighted by atomic mass is 9.82. The predicted octanol–water partition coefficient (Wildman–Crippen LogP) is 4.24. The SMILES string of the molecule is [2H]c1c([2H])c(-c2csc([C@H](C)[C@](O)(Cn3cncn3)c3ccc(F)cc3F)n2)c([2H])c([2H])c1C#N. The minimum Gasteiger partial charge on any atom is -0.382 e. The maximum absolute atomic E-state index is 14.8. The Balaban J connectivity index is 1.82. The first kappa shape index (κ1) is 16.2. The van der Waals surface area contributed by atoms with Crippen LogP contribution in [-0.4, -0.2) is 24.9 Å². The molecule has 0 unspecified atom stereocenters. The van der Waals surface area contributed by atoms with Gasteiger partial charge in [-0.2, -0.15) is 10.4 Å². The van der Waals surface area contributed by atoms with Gasteiger partial charge in [-0.25, -0.2) is 23.4 Å². The van der Waals surface area contributed by atoms with Crippen LogP contribution in [0.5, 0.6) is 0 Å². The van der Waals surface area contributed by atoms with E-state index in [1.54, 1.807) is 13.0 Å². The number of nitrogens with zero attached hydrogens (tertiary/aromatic N) is 5. The van der Waals surface area contributed by atoms with Crippen molar-refractivity contribution in [3.63, 3.8) is 0 Å². The molecule has 6 nitrogen and oxygen atoms in total. The Kier molecular flexibility index (Phi) is 4.37. The average Bonchev–Trinajstić information content (AvgIpc) is 3.50. The quantitative estimate of drug-likeness (QED) is 0.484. The second-order valence-corrected chi connectivity index (χ2v) is 7.69. The van der Waals surface area contributed by atoms with Gasteiger partial charge in [-0.15, -0.1) is 11.3 Å². The number of thiazole rings is 1. The lowest BCUT2D eigenvalue weighted by Gasteiger charge is -2.33. The van der Waals surface area contributed by atoms with Crippen LogP contribution in [0.1, 0.15) is 34.5 Å². The molecular formula is C22H17F2N5OS. The first-order valence-electron chi connectivity index (χ1n) is 11.0. The van der Waals surface area contributed by atoms with Crippen molar-refractivity contribution in [2.45, 2.75) is 25.0 Å². The lowest BCUT2D eigenvalue weighted by Crippen LogP contribution is -2.38. The molecule has 0 amide bonds. The van der Waals surface area contributed by atoms with Gasteiger partial charge in [0.2, 0.25) is 0 Å². The maximum Gasteiger partial charge on any atom is 0.137 e. The lowest BCUT2D eigenvalue weighted by molar-refractivity contribution is -0.0112. The van der Waals surface area contributed by atoms with Crippen LogP contribution in [0.25, 0.3) is 11.3 Å². The van der Waals surface area contributed by atoms with Gasteiger partial charge >= 0.3 is 0 Å². The summed E-state index contributed by atoms with van der Waals surface area (Å²) < 4.78 is 62.2. The molecule has 0 aliphatic heterocycles. The Morgan fingerprint density at radius 1 is 1.32 bits per heavy atom. The fourth-order valence-electron chi connectivity index (χ4n) is 3.16. The van der Waals surface area contributed by atoms with E-state index in [1.165, 1.54) is 22.7 Å². The molecule has 2 atom stereocenters. The number of benzene rings is 2. The van der Waals surface area contributed by atoms with Crippen LogP contribution < -0.4 is 0 Å². The summed E-state index contributed by atoms with van der Waals surface area (Å²) in [5.41, 5.74) is -2.48. The second kappa shape index (κ2) is 8.34. The summed E-state index contributed by atoms with van der Waals surface area (Å²) in [6.45, 7) is 1.36. The predicted molar refractivity (Wildman–Crippen MR) is 111 cm³/mol. The third kappa shape index (κ3) is 4.08. The zero-order valence-corrected chi connectivity index (χ0v) is 16.9. The molecule has 156 valence electrons. The van der Waals surface area contributed by atoms with Crippen molar-refractivity contribution in [3.05, 3.63) is 88.2 Å². The number of aromatic nitrogens is 4.